The van der Waals surface area contributed by atoms with Gasteiger partial charge in [0.1, 0.15) is 23.1 Å². The molecule has 0 aliphatic carbocycles. The number of nitrogens with zero attached hydrogens (tertiary/aromatic N) is 4. The maximum absolute atomic E-state index is 9.53. The number of pyridine rings is 1. The number of aromatic nitrogens is 3. The first-order valence-corrected chi connectivity index (χ1v) is 7.96. The fraction of sp³-hybridized carbons (Fsp3) is 0. The van der Waals surface area contributed by atoms with Crippen molar-refractivity contribution >= 4 is 28.3 Å². The second kappa shape index (κ2) is 5.93. The minimum absolute atomic E-state index is 0.250. The van der Waals surface area contributed by atoms with E-state index in [2.05, 4.69) is 16.2 Å². The second-order valence-corrected chi connectivity index (χ2v) is 5.94. The van der Waals surface area contributed by atoms with Gasteiger partial charge in [-0.05, 0) is 30.3 Å². The molecule has 0 bridgehead atoms. The van der Waals surface area contributed by atoms with Crippen LogP contribution in [0.15, 0.2) is 60.7 Å². The highest BCUT2D eigenvalue weighted by atomic mass is 35.5. The predicted octanol–water partition coefficient (Wildman–Crippen LogP) is 4.19. The topological polar surface area (TPSA) is 80.5 Å². The molecule has 2 heterocycles. The largest absolute Gasteiger partial charge is 0.382 e. The van der Waals surface area contributed by atoms with Crippen molar-refractivity contribution in [1.82, 2.24) is 14.8 Å². The Hall–Kier alpha value is -3.36. The molecule has 2 aromatic heterocycles. The van der Waals surface area contributed by atoms with Crippen LogP contribution in [0.2, 0.25) is 5.02 Å². The smallest absolute Gasteiger partial charge is 0.156 e. The number of benzene rings is 2. The van der Waals surface area contributed by atoms with Crippen molar-refractivity contribution in [1.29, 1.82) is 5.26 Å². The lowest BCUT2D eigenvalue weighted by molar-refractivity contribution is 0.866. The highest BCUT2D eigenvalue weighted by Crippen LogP contribution is 2.30. The van der Waals surface area contributed by atoms with Crippen molar-refractivity contribution in [2.24, 2.45) is 0 Å². The van der Waals surface area contributed by atoms with Crippen LogP contribution >= 0.6 is 11.6 Å². The Labute approximate surface area is 148 Å². The average Bonchev–Trinajstić information content (AvgIpc) is 2.98. The molecule has 0 aliphatic rings. The highest BCUT2D eigenvalue weighted by Gasteiger charge is 2.19. The summed E-state index contributed by atoms with van der Waals surface area (Å²) in [6, 6.07) is 20.8. The molecule has 2 aromatic carbocycles. The number of fused-ring (bicyclic) bond motifs is 1. The van der Waals surface area contributed by atoms with Gasteiger partial charge in [-0.1, -0.05) is 41.9 Å². The van der Waals surface area contributed by atoms with Crippen LogP contribution < -0.4 is 5.73 Å². The predicted molar refractivity (Wildman–Crippen MR) is 98.4 cm³/mol. The van der Waals surface area contributed by atoms with Gasteiger partial charge in [-0.25, -0.2) is 4.98 Å². The summed E-state index contributed by atoms with van der Waals surface area (Å²) in [5.41, 5.74) is 8.52. The van der Waals surface area contributed by atoms with Crippen molar-refractivity contribution in [2.45, 2.75) is 0 Å². The van der Waals surface area contributed by atoms with E-state index in [1.54, 1.807) is 12.1 Å². The van der Waals surface area contributed by atoms with Gasteiger partial charge in [0.2, 0.25) is 0 Å². The van der Waals surface area contributed by atoms with Crippen LogP contribution in [0.25, 0.3) is 28.0 Å². The van der Waals surface area contributed by atoms with Gasteiger partial charge in [-0.15, -0.1) is 0 Å². The summed E-state index contributed by atoms with van der Waals surface area (Å²) in [6.45, 7) is 0. The molecule has 120 valence electrons. The van der Waals surface area contributed by atoms with Crippen molar-refractivity contribution in [2.75, 3.05) is 5.73 Å². The van der Waals surface area contributed by atoms with E-state index >= 15 is 0 Å². The summed E-state index contributed by atoms with van der Waals surface area (Å²) >= 11 is 6.06. The lowest BCUT2D eigenvalue weighted by atomic mass is 10.1. The first-order chi connectivity index (χ1) is 12.2. The van der Waals surface area contributed by atoms with E-state index in [0.29, 0.717) is 22.1 Å². The van der Waals surface area contributed by atoms with Gasteiger partial charge in [0, 0.05) is 16.0 Å². The Bertz CT molecular complexity index is 1140. The number of hydrogen-bond acceptors (Lipinski definition) is 4. The number of rotatable bonds is 2. The van der Waals surface area contributed by atoms with Gasteiger partial charge in [-0.3, -0.25) is 0 Å². The van der Waals surface area contributed by atoms with E-state index in [1.165, 1.54) is 4.68 Å². The second-order valence-electron chi connectivity index (χ2n) is 5.50. The number of para-hydroxylation sites is 1. The maximum atomic E-state index is 9.53. The average molecular weight is 346 g/mol. The van der Waals surface area contributed by atoms with Crippen molar-refractivity contribution in [3.05, 3.63) is 71.2 Å². The third-order valence-electron chi connectivity index (χ3n) is 3.93. The molecule has 0 radical (unpaired) electrons. The van der Waals surface area contributed by atoms with Crippen LogP contribution in [0.4, 0.5) is 5.82 Å². The molecule has 0 spiro atoms. The maximum Gasteiger partial charge on any atom is 0.156 e. The monoisotopic (exact) mass is 345 g/mol. The quantitative estimate of drug-likeness (QED) is 0.590. The molecule has 2 N–H and O–H groups in total. The van der Waals surface area contributed by atoms with Crippen molar-refractivity contribution in [3.63, 3.8) is 0 Å². The van der Waals surface area contributed by atoms with Gasteiger partial charge in [-0.2, -0.15) is 15.0 Å². The van der Waals surface area contributed by atoms with Crippen molar-refractivity contribution < 1.29 is 0 Å². The number of halogens is 1. The van der Waals surface area contributed by atoms with E-state index in [1.807, 2.05) is 48.5 Å². The Morgan fingerprint density at radius 1 is 1.04 bits per heavy atom. The van der Waals surface area contributed by atoms with Crippen molar-refractivity contribution in [3.8, 4) is 23.1 Å². The van der Waals surface area contributed by atoms with Crippen LogP contribution in [0.5, 0.6) is 0 Å². The Morgan fingerprint density at radius 3 is 2.68 bits per heavy atom. The van der Waals surface area contributed by atoms with E-state index in [4.69, 9.17) is 17.3 Å². The molecule has 0 fully saturated rings. The van der Waals surface area contributed by atoms with Crippen LogP contribution in [0.3, 0.4) is 0 Å². The summed E-state index contributed by atoms with van der Waals surface area (Å²) in [4.78, 5) is 4.59. The minimum atomic E-state index is 0.250. The zero-order chi connectivity index (χ0) is 17.4. The zero-order valence-electron chi connectivity index (χ0n) is 13.0. The fourth-order valence-corrected chi connectivity index (χ4v) is 2.92. The molecule has 0 saturated carbocycles. The summed E-state index contributed by atoms with van der Waals surface area (Å²) in [6.07, 6.45) is 0. The molecular formula is C19H12ClN5. The fourth-order valence-electron chi connectivity index (χ4n) is 2.73. The number of nitrogen functional groups attached to an aromatic ring is 1. The standard InChI is InChI=1S/C19H12ClN5/c20-14-6-3-5-13(10-14)18-15(11-21)19(22)25(24-18)17-9-8-12-4-1-2-7-16(12)23-17/h1-10H,22H2. The first-order valence-electron chi connectivity index (χ1n) is 7.58. The van der Waals surface area contributed by atoms with E-state index in [0.717, 1.165) is 16.5 Å². The summed E-state index contributed by atoms with van der Waals surface area (Å²) < 4.78 is 1.49. The number of anilines is 1. The van der Waals surface area contributed by atoms with E-state index in [-0.39, 0.29) is 5.82 Å². The van der Waals surface area contributed by atoms with Gasteiger partial charge in [0.05, 0.1) is 5.52 Å². The zero-order valence-corrected chi connectivity index (χ0v) is 13.8. The Kier molecular flexibility index (Phi) is 3.60. The molecule has 0 unspecified atom stereocenters. The number of nitriles is 1. The molecule has 0 amide bonds. The normalized spacial score (nSPS) is 10.7. The van der Waals surface area contributed by atoms with Crippen LogP contribution in [0, 0.1) is 11.3 Å². The number of nitrogens with two attached hydrogens (primary N) is 1. The molecule has 6 heteroatoms. The third kappa shape index (κ3) is 2.59. The molecule has 0 atom stereocenters. The SMILES string of the molecule is N#Cc1c(-c2cccc(Cl)c2)nn(-c2ccc3ccccc3n2)c1N. The lowest BCUT2D eigenvalue weighted by Crippen LogP contribution is -2.04. The molecule has 0 saturated heterocycles. The summed E-state index contributed by atoms with van der Waals surface area (Å²) in [5.74, 6) is 0.807. The molecule has 5 nitrogen and oxygen atoms in total. The summed E-state index contributed by atoms with van der Waals surface area (Å²) in [7, 11) is 0. The lowest BCUT2D eigenvalue weighted by Gasteiger charge is -2.04. The molecule has 4 aromatic rings. The third-order valence-corrected chi connectivity index (χ3v) is 4.17. The first kappa shape index (κ1) is 15.2. The minimum Gasteiger partial charge on any atom is -0.382 e. The van der Waals surface area contributed by atoms with E-state index in [9.17, 15) is 5.26 Å². The molecule has 25 heavy (non-hydrogen) atoms. The molecule has 0 aliphatic heterocycles. The summed E-state index contributed by atoms with van der Waals surface area (Å²) in [5, 5.41) is 15.6. The Balaban J connectivity index is 1.92. The van der Waals surface area contributed by atoms with Crippen LogP contribution in [0.1, 0.15) is 5.56 Å². The van der Waals surface area contributed by atoms with Gasteiger partial charge < -0.3 is 5.73 Å². The Morgan fingerprint density at radius 2 is 1.88 bits per heavy atom. The highest BCUT2D eigenvalue weighted by molar-refractivity contribution is 6.30. The number of hydrogen-bond donors (Lipinski definition) is 1. The van der Waals surface area contributed by atoms with Gasteiger partial charge in [0.15, 0.2) is 5.82 Å². The molecule has 4 rings (SSSR count). The van der Waals surface area contributed by atoms with Gasteiger partial charge in [0.25, 0.3) is 0 Å². The van der Waals surface area contributed by atoms with Crippen LogP contribution in [-0.4, -0.2) is 14.8 Å². The van der Waals surface area contributed by atoms with Gasteiger partial charge >= 0.3 is 0 Å². The van der Waals surface area contributed by atoms with Crippen LogP contribution in [-0.2, 0) is 0 Å². The van der Waals surface area contributed by atoms with E-state index < -0.39 is 0 Å². The molecular weight excluding hydrogens is 334 g/mol.